The van der Waals surface area contributed by atoms with Crippen molar-refractivity contribution in [1.82, 2.24) is 10.2 Å². The van der Waals surface area contributed by atoms with Crippen molar-refractivity contribution in [3.05, 3.63) is 22.4 Å². The Morgan fingerprint density at radius 3 is 2.88 bits per heavy atom. The molecule has 4 heteroatoms. The Hall–Kier alpha value is -0.870. The normalized spacial score (nSPS) is 15.2. The highest BCUT2D eigenvalue weighted by Gasteiger charge is 2.23. The third-order valence-electron chi connectivity index (χ3n) is 2.97. The average Bonchev–Trinajstić information content (AvgIpc) is 2.98. The molecule has 0 aromatic carbocycles. The van der Waals surface area contributed by atoms with Crippen LogP contribution in [-0.2, 0) is 11.3 Å². The fourth-order valence-corrected chi connectivity index (χ4v) is 2.45. The van der Waals surface area contributed by atoms with Crippen molar-refractivity contribution in [3.63, 3.8) is 0 Å². The molecule has 1 heterocycles. The van der Waals surface area contributed by atoms with E-state index >= 15 is 0 Å². The van der Waals surface area contributed by atoms with Gasteiger partial charge in [-0.2, -0.15) is 0 Å². The highest BCUT2D eigenvalue weighted by molar-refractivity contribution is 7.09. The van der Waals surface area contributed by atoms with Crippen LogP contribution in [0.3, 0.4) is 0 Å². The predicted octanol–water partition coefficient (Wildman–Crippen LogP) is 2.24. The molecule has 1 aliphatic carbocycles. The molecule has 1 aliphatic rings. The van der Waals surface area contributed by atoms with E-state index in [1.54, 1.807) is 11.3 Å². The first-order valence-corrected chi connectivity index (χ1v) is 7.10. The summed E-state index contributed by atoms with van der Waals surface area (Å²) >= 11 is 1.71. The van der Waals surface area contributed by atoms with Crippen molar-refractivity contribution < 1.29 is 4.79 Å². The van der Waals surface area contributed by atoms with Gasteiger partial charge < -0.3 is 10.2 Å². The number of carbonyl (C=O) groups is 1. The number of nitrogens with one attached hydrogen (secondary N) is 1. The van der Waals surface area contributed by atoms with E-state index in [-0.39, 0.29) is 11.9 Å². The van der Waals surface area contributed by atoms with Gasteiger partial charge in [0.2, 0.25) is 5.91 Å². The third-order valence-corrected chi connectivity index (χ3v) is 3.83. The van der Waals surface area contributed by atoms with Crippen LogP contribution in [-0.4, -0.2) is 29.4 Å². The second-order valence-corrected chi connectivity index (χ2v) is 5.88. The van der Waals surface area contributed by atoms with Crippen LogP contribution in [0.1, 0.15) is 31.6 Å². The summed E-state index contributed by atoms with van der Waals surface area (Å²) in [6.45, 7) is 5.36. The second kappa shape index (κ2) is 5.65. The first-order valence-electron chi connectivity index (χ1n) is 6.22. The first kappa shape index (κ1) is 12.6. The fourth-order valence-electron chi connectivity index (χ4n) is 1.75. The number of nitrogens with zero attached hydrogens (tertiary/aromatic N) is 1. The predicted molar refractivity (Wildman–Crippen MR) is 71.0 cm³/mol. The van der Waals surface area contributed by atoms with Crippen molar-refractivity contribution in [1.29, 1.82) is 0 Å². The van der Waals surface area contributed by atoms with Gasteiger partial charge in [0.25, 0.3) is 0 Å². The molecule has 94 valence electrons. The molecule has 0 bridgehead atoms. The van der Waals surface area contributed by atoms with Gasteiger partial charge in [-0.25, -0.2) is 0 Å². The van der Waals surface area contributed by atoms with Crippen molar-refractivity contribution in [2.75, 3.05) is 6.54 Å². The van der Waals surface area contributed by atoms with Gasteiger partial charge >= 0.3 is 0 Å². The third kappa shape index (κ3) is 3.82. The van der Waals surface area contributed by atoms with Gasteiger partial charge in [-0.15, -0.1) is 11.3 Å². The maximum absolute atomic E-state index is 12.1. The SMILES string of the molecule is CC(C)N(Cc1cccs1)C(=O)CNC1CC1. The van der Waals surface area contributed by atoms with Gasteiger partial charge in [-0.05, 0) is 38.1 Å². The molecule has 1 aromatic heterocycles. The molecule has 1 amide bonds. The molecule has 0 aliphatic heterocycles. The lowest BCUT2D eigenvalue weighted by Gasteiger charge is -2.26. The number of hydrogen-bond acceptors (Lipinski definition) is 3. The van der Waals surface area contributed by atoms with E-state index in [1.165, 1.54) is 17.7 Å². The van der Waals surface area contributed by atoms with Crippen LogP contribution in [0.4, 0.5) is 0 Å². The Labute approximate surface area is 107 Å². The standard InChI is InChI=1S/C13H20N2OS/c1-10(2)15(9-12-4-3-7-17-12)13(16)8-14-11-5-6-11/h3-4,7,10-11,14H,5-6,8-9H2,1-2H3. The summed E-state index contributed by atoms with van der Waals surface area (Å²) in [6, 6.07) is 4.97. The fraction of sp³-hybridized carbons (Fsp3) is 0.615. The van der Waals surface area contributed by atoms with E-state index in [4.69, 9.17) is 0 Å². The quantitative estimate of drug-likeness (QED) is 0.842. The Morgan fingerprint density at radius 2 is 2.35 bits per heavy atom. The Kier molecular flexibility index (Phi) is 4.18. The van der Waals surface area contributed by atoms with Crippen LogP contribution in [0, 0.1) is 0 Å². The van der Waals surface area contributed by atoms with Crippen LogP contribution in [0.5, 0.6) is 0 Å². The highest BCUT2D eigenvalue weighted by atomic mass is 32.1. The maximum atomic E-state index is 12.1. The molecule has 1 saturated carbocycles. The maximum Gasteiger partial charge on any atom is 0.237 e. The van der Waals surface area contributed by atoms with E-state index in [0.29, 0.717) is 12.6 Å². The van der Waals surface area contributed by atoms with E-state index in [9.17, 15) is 4.79 Å². The molecule has 0 unspecified atom stereocenters. The van der Waals surface area contributed by atoms with Crippen LogP contribution in [0.15, 0.2) is 17.5 Å². The van der Waals surface area contributed by atoms with Gasteiger partial charge in [0.1, 0.15) is 0 Å². The molecule has 0 spiro atoms. The monoisotopic (exact) mass is 252 g/mol. The molecule has 0 saturated heterocycles. The lowest BCUT2D eigenvalue weighted by Crippen LogP contribution is -2.42. The van der Waals surface area contributed by atoms with Gasteiger partial charge in [0.15, 0.2) is 0 Å². The average molecular weight is 252 g/mol. The zero-order chi connectivity index (χ0) is 12.3. The molecule has 1 aromatic rings. The Morgan fingerprint density at radius 1 is 1.59 bits per heavy atom. The molecule has 0 atom stereocenters. The smallest absolute Gasteiger partial charge is 0.237 e. The van der Waals surface area contributed by atoms with E-state index in [2.05, 4.69) is 30.6 Å². The molecule has 0 radical (unpaired) electrons. The van der Waals surface area contributed by atoms with Gasteiger partial charge in [-0.1, -0.05) is 6.07 Å². The van der Waals surface area contributed by atoms with Crippen molar-refractivity contribution >= 4 is 17.2 Å². The molecule has 3 nitrogen and oxygen atoms in total. The summed E-state index contributed by atoms with van der Waals surface area (Å²) in [5, 5.41) is 5.34. The number of hydrogen-bond donors (Lipinski definition) is 1. The van der Waals surface area contributed by atoms with Crippen molar-refractivity contribution in [2.45, 2.75) is 45.3 Å². The summed E-state index contributed by atoms with van der Waals surface area (Å²) in [5.74, 6) is 0.209. The minimum Gasteiger partial charge on any atom is -0.334 e. The van der Waals surface area contributed by atoms with Crippen LogP contribution in [0.2, 0.25) is 0 Å². The topological polar surface area (TPSA) is 32.3 Å². The summed E-state index contributed by atoms with van der Waals surface area (Å²) in [4.78, 5) is 15.3. The van der Waals surface area contributed by atoms with E-state index < -0.39 is 0 Å². The molecule has 1 fully saturated rings. The molecule has 17 heavy (non-hydrogen) atoms. The van der Waals surface area contributed by atoms with E-state index in [1.807, 2.05) is 11.0 Å². The Bertz CT molecular complexity index is 358. The van der Waals surface area contributed by atoms with E-state index in [0.717, 1.165) is 6.54 Å². The molecule has 2 rings (SSSR count). The first-order chi connectivity index (χ1) is 8.16. The number of carbonyl (C=O) groups excluding carboxylic acids is 1. The summed E-state index contributed by atoms with van der Waals surface area (Å²) < 4.78 is 0. The van der Waals surface area contributed by atoms with Crippen molar-refractivity contribution in [2.24, 2.45) is 0 Å². The highest BCUT2D eigenvalue weighted by Crippen LogP contribution is 2.19. The number of amides is 1. The van der Waals surface area contributed by atoms with Crippen LogP contribution < -0.4 is 5.32 Å². The summed E-state index contributed by atoms with van der Waals surface area (Å²) in [7, 11) is 0. The second-order valence-electron chi connectivity index (χ2n) is 4.85. The van der Waals surface area contributed by atoms with Crippen LogP contribution in [0.25, 0.3) is 0 Å². The lowest BCUT2D eigenvalue weighted by atomic mass is 10.3. The molecule has 1 N–H and O–H groups in total. The zero-order valence-corrected chi connectivity index (χ0v) is 11.3. The zero-order valence-electron chi connectivity index (χ0n) is 10.5. The lowest BCUT2D eigenvalue weighted by molar-refractivity contribution is -0.132. The van der Waals surface area contributed by atoms with Crippen molar-refractivity contribution in [3.8, 4) is 0 Å². The minimum absolute atomic E-state index is 0.209. The molecular weight excluding hydrogens is 232 g/mol. The van der Waals surface area contributed by atoms with Crippen LogP contribution >= 0.6 is 11.3 Å². The number of rotatable bonds is 6. The minimum atomic E-state index is 0.209. The van der Waals surface area contributed by atoms with Gasteiger partial charge in [0.05, 0.1) is 13.1 Å². The summed E-state index contributed by atoms with van der Waals surface area (Å²) in [5.41, 5.74) is 0. The summed E-state index contributed by atoms with van der Waals surface area (Å²) in [6.07, 6.45) is 2.44. The molecular formula is C13H20N2OS. The number of thiophene rings is 1. The Balaban J connectivity index is 1.88. The van der Waals surface area contributed by atoms with Gasteiger partial charge in [0, 0.05) is 17.0 Å². The van der Waals surface area contributed by atoms with Gasteiger partial charge in [-0.3, -0.25) is 4.79 Å². The largest absolute Gasteiger partial charge is 0.334 e.